The first-order valence-corrected chi connectivity index (χ1v) is 5.99. The number of benzene rings is 2. The van der Waals surface area contributed by atoms with Crippen molar-refractivity contribution in [1.82, 2.24) is 0 Å². The summed E-state index contributed by atoms with van der Waals surface area (Å²) in [7, 11) is 1.42. The summed E-state index contributed by atoms with van der Waals surface area (Å²) in [5, 5.41) is 19.2. The Hall–Kier alpha value is -2.75. The van der Waals surface area contributed by atoms with Crippen LogP contribution in [0, 0.1) is 0 Å². The highest BCUT2D eigenvalue weighted by atomic mass is 16.5. The molecule has 2 aromatic rings. The minimum atomic E-state index is -0.180. The van der Waals surface area contributed by atoms with Gasteiger partial charge in [-0.15, -0.1) is 0 Å². The monoisotopic (exact) mass is 270 g/mol. The highest BCUT2D eigenvalue weighted by molar-refractivity contribution is 6.07. The second-order valence-electron chi connectivity index (χ2n) is 4.14. The summed E-state index contributed by atoms with van der Waals surface area (Å²) in [6, 6.07) is 11.4. The van der Waals surface area contributed by atoms with E-state index < -0.39 is 0 Å². The van der Waals surface area contributed by atoms with Gasteiger partial charge in [-0.2, -0.15) is 0 Å². The third-order valence-electron chi connectivity index (χ3n) is 2.78. The summed E-state index contributed by atoms with van der Waals surface area (Å²) in [6.45, 7) is 0. The number of carbonyl (C=O) groups excluding carboxylic acids is 1. The number of phenols is 2. The normalized spacial score (nSPS) is 10.7. The Balaban J connectivity index is 2.30. The van der Waals surface area contributed by atoms with Crippen molar-refractivity contribution in [1.29, 1.82) is 0 Å². The van der Waals surface area contributed by atoms with Crippen molar-refractivity contribution in [2.24, 2.45) is 0 Å². The first-order chi connectivity index (χ1) is 9.61. The van der Waals surface area contributed by atoms with Gasteiger partial charge in [0.2, 0.25) is 0 Å². The summed E-state index contributed by atoms with van der Waals surface area (Å²) in [6.07, 6.45) is 2.81. The lowest BCUT2D eigenvalue weighted by Gasteiger charge is -2.07. The number of phenolic OH excluding ortho intramolecular Hbond substituents is 2. The Bertz CT molecular complexity index is 645. The molecule has 0 heterocycles. The Morgan fingerprint density at radius 3 is 2.50 bits per heavy atom. The molecule has 4 nitrogen and oxygen atoms in total. The van der Waals surface area contributed by atoms with Crippen molar-refractivity contribution >= 4 is 11.9 Å². The molecular weight excluding hydrogens is 256 g/mol. The maximum Gasteiger partial charge on any atom is 0.185 e. The third-order valence-corrected chi connectivity index (χ3v) is 2.78. The van der Waals surface area contributed by atoms with E-state index in [-0.39, 0.29) is 17.3 Å². The average Bonchev–Trinajstić information content (AvgIpc) is 2.46. The molecule has 0 amide bonds. The molecule has 102 valence electrons. The number of methoxy groups -OCH3 is 1. The molecule has 4 heteroatoms. The van der Waals surface area contributed by atoms with Crippen LogP contribution in [-0.4, -0.2) is 23.1 Å². The van der Waals surface area contributed by atoms with Crippen LogP contribution in [0.5, 0.6) is 17.2 Å². The number of hydrogen-bond donors (Lipinski definition) is 2. The van der Waals surface area contributed by atoms with Crippen LogP contribution in [-0.2, 0) is 0 Å². The summed E-state index contributed by atoms with van der Waals surface area (Å²) in [4.78, 5) is 11.9. The summed E-state index contributed by atoms with van der Waals surface area (Å²) < 4.78 is 5.06. The Morgan fingerprint density at radius 1 is 1.15 bits per heavy atom. The van der Waals surface area contributed by atoms with Gasteiger partial charge in [-0.25, -0.2) is 0 Å². The Morgan fingerprint density at radius 2 is 1.85 bits per heavy atom. The smallest absolute Gasteiger partial charge is 0.185 e. The van der Waals surface area contributed by atoms with E-state index in [1.54, 1.807) is 24.3 Å². The topological polar surface area (TPSA) is 66.8 Å². The Kier molecular flexibility index (Phi) is 4.05. The first-order valence-electron chi connectivity index (χ1n) is 5.99. The van der Waals surface area contributed by atoms with Gasteiger partial charge in [0, 0.05) is 17.7 Å². The molecule has 0 aliphatic heterocycles. The molecule has 0 aliphatic carbocycles. The standard InChI is InChI=1S/C16H14O4/c1-20-16-10-12(17)9-15(19)13(16)7-8-14(18)11-5-3-2-4-6-11/h2-10,17,19H,1H3/b8-7-. The van der Waals surface area contributed by atoms with Gasteiger partial charge >= 0.3 is 0 Å². The Labute approximate surface area is 116 Å². The van der Waals surface area contributed by atoms with Crippen LogP contribution in [0.1, 0.15) is 15.9 Å². The van der Waals surface area contributed by atoms with Crippen molar-refractivity contribution in [2.75, 3.05) is 7.11 Å². The molecule has 0 aliphatic rings. The molecule has 0 spiro atoms. The molecule has 2 aromatic carbocycles. The van der Waals surface area contributed by atoms with Gasteiger partial charge in [-0.05, 0) is 12.2 Å². The number of aromatic hydroxyl groups is 2. The minimum Gasteiger partial charge on any atom is -0.508 e. The zero-order chi connectivity index (χ0) is 14.5. The van der Waals surface area contributed by atoms with Gasteiger partial charge in [0.15, 0.2) is 5.78 Å². The molecule has 20 heavy (non-hydrogen) atoms. The minimum absolute atomic E-state index is 0.106. The maximum atomic E-state index is 11.9. The molecule has 0 radical (unpaired) electrons. The lowest BCUT2D eigenvalue weighted by Crippen LogP contribution is -1.93. The molecule has 0 unspecified atom stereocenters. The van der Waals surface area contributed by atoms with Crippen molar-refractivity contribution < 1.29 is 19.7 Å². The lowest BCUT2D eigenvalue weighted by molar-refractivity contribution is 0.104. The van der Waals surface area contributed by atoms with E-state index in [0.29, 0.717) is 16.9 Å². The molecule has 0 bridgehead atoms. The second kappa shape index (κ2) is 5.93. The molecule has 0 atom stereocenters. The van der Waals surface area contributed by atoms with Gasteiger partial charge in [0.25, 0.3) is 0 Å². The highest BCUT2D eigenvalue weighted by Gasteiger charge is 2.09. The summed E-state index contributed by atoms with van der Waals surface area (Å²) in [5.74, 6) is -0.149. The number of allylic oxidation sites excluding steroid dienone is 1. The molecule has 0 aromatic heterocycles. The summed E-state index contributed by atoms with van der Waals surface area (Å²) in [5.41, 5.74) is 0.899. The molecule has 2 N–H and O–H groups in total. The van der Waals surface area contributed by atoms with Crippen LogP contribution < -0.4 is 4.74 Å². The van der Waals surface area contributed by atoms with Gasteiger partial charge < -0.3 is 14.9 Å². The van der Waals surface area contributed by atoms with Gasteiger partial charge in [0.1, 0.15) is 17.2 Å². The maximum absolute atomic E-state index is 11.9. The van der Waals surface area contributed by atoms with Gasteiger partial charge in [-0.3, -0.25) is 4.79 Å². The second-order valence-corrected chi connectivity index (χ2v) is 4.14. The van der Waals surface area contributed by atoms with Gasteiger partial charge in [0.05, 0.1) is 12.7 Å². The van der Waals surface area contributed by atoms with Crippen LogP contribution in [0.2, 0.25) is 0 Å². The number of hydrogen-bond acceptors (Lipinski definition) is 4. The molecule has 0 saturated heterocycles. The predicted molar refractivity (Wildman–Crippen MR) is 76.1 cm³/mol. The van der Waals surface area contributed by atoms with Crippen molar-refractivity contribution in [3.8, 4) is 17.2 Å². The van der Waals surface area contributed by atoms with Crippen LogP contribution in [0.3, 0.4) is 0 Å². The molecular formula is C16H14O4. The third kappa shape index (κ3) is 2.98. The van der Waals surface area contributed by atoms with Crippen LogP contribution in [0.25, 0.3) is 6.08 Å². The van der Waals surface area contributed by atoms with Crippen molar-refractivity contribution in [2.45, 2.75) is 0 Å². The van der Waals surface area contributed by atoms with Crippen LogP contribution in [0.4, 0.5) is 0 Å². The van der Waals surface area contributed by atoms with E-state index >= 15 is 0 Å². The fraction of sp³-hybridized carbons (Fsp3) is 0.0625. The molecule has 2 rings (SSSR count). The van der Waals surface area contributed by atoms with Crippen LogP contribution >= 0.6 is 0 Å². The van der Waals surface area contributed by atoms with E-state index in [4.69, 9.17) is 4.74 Å². The van der Waals surface area contributed by atoms with E-state index in [0.717, 1.165) is 0 Å². The number of carbonyl (C=O) groups is 1. The number of rotatable bonds is 4. The molecule has 0 saturated carbocycles. The predicted octanol–water partition coefficient (Wildman–Crippen LogP) is 3.00. The van der Waals surface area contributed by atoms with Crippen molar-refractivity contribution in [3.05, 3.63) is 59.7 Å². The number of ether oxygens (including phenoxy) is 1. The van der Waals surface area contributed by atoms with E-state index in [9.17, 15) is 15.0 Å². The fourth-order valence-electron chi connectivity index (χ4n) is 1.79. The van der Waals surface area contributed by atoms with Gasteiger partial charge in [-0.1, -0.05) is 30.3 Å². The lowest BCUT2D eigenvalue weighted by atomic mass is 10.1. The van der Waals surface area contributed by atoms with E-state index in [1.807, 2.05) is 6.07 Å². The quantitative estimate of drug-likeness (QED) is 0.662. The highest BCUT2D eigenvalue weighted by Crippen LogP contribution is 2.33. The van der Waals surface area contributed by atoms with Crippen LogP contribution in [0.15, 0.2) is 48.5 Å². The zero-order valence-corrected chi connectivity index (χ0v) is 10.9. The molecule has 0 fully saturated rings. The average molecular weight is 270 g/mol. The first kappa shape index (κ1) is 13.7. The number of ketones is 1. The zero-order valence-electron chi connectivity index (χ0n) is 10.9. The van der Waals surface area contributed by atoms with E-state index in [1.165, 1.54) is 31.4 Å². The fourth-order valence-corrected chi connectivity index (χ4v) is 1.79. The SMILES string of the molecule is COc1cc(O)cc(O)c1/C=C\C(=O)c1ccccc1. The van der Waals surface area contributed by atoms with E-state index in [2.05, 4.69) is 0 Å². The largest absolute Gasteiger partial charge is 0.508 e. The van der Waals surface area contributed by atoms with Crippen molar-refractivity contribution in [3.63, 3.8) is 0 Å². The summed E-state index contributed by atoms with van der Waals surface area (Å²) >= 11 is 0.